The molecular formula is C34H57Br3N6Ti. The number of hydrogen-bond acceptors (Lipinski definition) is 3. The third-order valence-electron chi connectivity index (χ3n) is 7.31. The SMILES string of the molecule is CC(C)(C)c1cc(C(C)(C)C)n([C-](n2nc(C(C)(C)C)cc2C(C)(C)C)n2nc(C(C)(C)C)cc2C(C)(C)C)n1.[Br][Ti+]([Br])[Br]. The van der Waals surface area contributed by atoms with Gasteiger partial charge in [0.1, 0.15) is 0 Å². The molecule has 0 aliphatic rings. The Morgan fingerprint density at radius 2 is 0.614 bits per heavy atom. The molecule has 3 aromatic rings. The molecule has 3 rings (SSSR count). The van der Waals surface area contributed by atoms with Gasteiger partial charge < -0.3 is 0 Å². The van der Waals surface area contributed by atoms with E-state index >= 15 is 0 Å². The van der Waals surface area contributed by atoms with Crippen molar-refractivity contribution in [3.05, 3.63) is 58.7 Å². The van der Waals surface area contributed by atoms with Gasteiger partial charge in [-0.15, -0.1) is 0 Å². The maximum atomic E-state index is 5.35. The topological polar surface area (TPSA) is 53.5 Å². The van der Waals surface area contributed by atoms with Crippen molar-refractivity contribution in [2.45, 2.75) is 157 Å². The Hall–Kier alpha value is -0.346. The summed E-state index contributed by atoms with van der Waals surface area (Å²) < 4.78 is 6.39. The van der Waals surface area contributed by atoms with Crippen LogP contribution in [0.5, 0.6) is 0 Å². The molecule has 0 saturated carbocycles. The molecule has 0 saturated heterocycles. The van der Waals surface area contributed by atoms with Gasteiger partial charge in [-0.2, -0.15) is 15.3 Å². The van der Waals surface area contributed by atoms with E-state index in [1.54, 1.807) is 0 Å². The number of hydrogen-bond donors (Lipinski definition) is 0. The molecule has 248 valence electrons. The van der Waals surface area contributed by atoms with Crippen LogP contribution in [-0.2, 0) is 44.1 Å². The predicted octanol–water partition coefficient (Wildman–Crippen LogP) is 11.0. The molecule has 3 aromatic heterocycles. The zero-order valence-electron chi connectivity index (χ0n) is 30.5. The second-order valence-electron chi connectivity index (χ2n) is 18.0. The first kappa shape index (κ1) is 39.8. The Morgan fingerprint density at radius 1 is 0.432 bits per heavy atom. The van der Waals surface area contributed by atoms with Crippen LogP contribution >= 0.6 is 39.5 Å². The third kappa shape index (κ3) is 9.84. The van der Waals surface area contributed by atoms with E-state index in [-0.39, 0.29) is 32.5 Å². The molecule has 6 nitrogen and oxygen atoms in total. The van der Waals surface area contributed by atoms with Gasteiger partial charge in [0, 0.05) is 16.2 Å². The predicted molar refractivity (Wildman–Crippen MR) is 195 cm³/mol. The molecule has 0 aromatic carbocycles. The summed E-state index contributed by atoms with van der Waals surface area (Å²) in [6, 6.07) is 6.82. The molecule has 0 atom stereocenters. The first-order valence-electron chi connectivity index (χ1n) is 15.4. The summed E-state index contributed by atoms with van der Waals surface area (Å²) >= 11 is 8.92. The van der Waals surface area contributed by atoms with Gasteiger partial charge in [-0.3, -0.25) is 14.0 Å². The van der Waals surface area contributed by atoms with Crippen LogP contribution in [0, 0.1) is 6.29 Å². The van der Waals surface area contributed by atoms with E-state index in [1.165, 1.54) is 0 Å². The van der Waals surface area contributed by atoms with Crippen LogP contribution in [0.15, 0.2) is 18.2 Å². The van der Waals surface area contributed by atoms with Gasteiger partial charge in [-0.1, -0.05) is 143 Å². The van der Waals surface area contributed by atoms with E-state index in [0.717, 1.165) is 40.5 Å². The van der Waals surface area contributed by atoms with Crippen LogP contribution in [0.3, 0.4) is 0 Å². The average Bonchev–Trinajstić information content (AvgIpc) is 3.48. The molecule has 44 heavy (non-hydrogen) atoms. The van der Waals surface area contributed by atoms with E-state index in [2.05, 4.69) is 196 Å². The Labute approximate surface area is 293 Å². The maximum absolute atomic E-state index is 5.35. The summed E-state index contributed by atoms with van der Waals surface area (Å²) in [5.74, 6) is 0. The molecule has 0 fully saturated rings. The Kier molecular flexibility index (Phi) is 12.0. The third-order valence-corrected chi connectivity index (χ3v) is 7.31. The first-order chi connectivity index (χ1) is 19.4. The van der Waals surface area contributed by atoms with Crippen molar-refractivity contribution in [2.75, 3.05) is 0 Å². The Balaban J connectivity index is 0.00000159. The Morgan fingerprint density at radius 3 is 0.750 bits per heavy atom. The van der Waals surface area contributed by atoms with E-state index in [9.17, 15) is 0 Å². The number of halogens is 3. The van der Waals surface area contributed by atoms with Gasteiger partial charge in [-0.05, 0) is 33.3 Å². The first-order valence-corrected chi connectivity index (χ1v) is 27.0. The standard InChI is InChI=1S/C34H57N6.3BrH.Ti/c1-29(2,3)22-19-25(32(10,11)12)38(35-22)28(39-26(33(13,14)15)20-23(36-39)30(4,5)6)40-27(34(16,17)18)21-24(37-40)31(7,8)9;;;;/h19-21H,1-18H3;3*1H;/q-1;;;;+4/p-3. The molecule has 0 aliphatic heterocycles. The molecule has 0 bridgehead atoms. The summed E-state index contributed by atoms with van der Waals surface area (Å²) in [6.07, 6.45) is 0.835. The number of rotatable bonds is 3. The quantitative estimate of drug-likeness (QED) is 0.195. The fraction of sp³-hybridized carbons (Fsp3) is 0.706. The summed E-state index contributed by atoms with van der Waals surface area (Å²) in [6.45, 7) is 40.4. The van der Waals surface area contributed by atoms with Crippen molar-refractivity contribution in [3.63, 3.8) is 0 Å². The summed E-state index contributed by atoms with van der Waals surface area (Å²) in [7, 11) is 0. The molecule has 0 radical (unpaired) electrons. The van der Waals surface area contributed by atoms with E-state index in [0.29, 0.717) is 0 Å². The van der Waals surface area contributed by atoms with Crippen LogP contribution in [0.4, 0.5) is 0 Å². The normalized spacial score (nSPS) is 13.6. The fourth-order valence-electron chi connectivity index (χ4n) is 4.57. The average molecular weight is 837 g/mol. The minimum absolute atomic E-state index is 0.114. The van der Waals surface area contributed by atoms with Crippen LogP contribution < -0.4 is 0 Å². The van der Waals surface area contributed by atoms with Crippen molar-refractivity contribution in [1.29, 1.82) is 0 Å². The van der Waals surface area contributed by atoms with Gasteiger partial charge in [0.05, 0.1) is 17.1 Å². The molecule has 0 spiro atoms. The number of aromatic nitrogens is 6. The van der Waals surface area contributed by atoms with E-state index < -0.39 is 11.6 Å². The van der Waals surface area contributed by atoms with Crippen LogP contribution in [0.2, 0.25) is 0 Å². The zero-order valence-corrected chi connectivity index (χ0v) is 36.9. The second kappa shape index (κ2) is 13.3. The second-order valence-corrected chi connectivity index (χ2v) is 41.6. The van der Waals surface area contributed by atoms with Gasteiger partial charge in [0.15, 0.2) is 6.29 Å². The van der Waals surface area contributed by atoms with Crippen molar-refractivity contribution in [1.82, 2.24) is 29.3 Å². The van der Waals surface area contributed by atoms with Gasteiger partial charge in [0.2, 0.25) is 0 Å². The van der Waals surface area contributed by atoms with Crippen molar-refractivity contribution < 1.29 is 11.6 Å². The summed E-state index contributed by atoms with van der Waals surface area (Å²) in [5.41, 5.74) is 5.73. The van der Waals surface area contributed by atoms with Crippen LogP contribution in [0.1, 0.15) is 159 Å². The minimum atomic E-state index is -0.896. The molecule has 10 heteroatoms. The zero-order chi connectivity index (χ0) is 34.6. The molecule has 0 aliphatic carbocycles. The molecular weight excluding hydrogens is 780 g/mol. The van der Waals surface area contributed by atoms with Crippen molar-refractivity contribution in [3.8, 4) is 0 Å². The van der Waals surface area contributed by atoms with Gasteiger partial charge >= 0.3 is 51.1 Å². The molecule has 3 heterocycles. The molecule has 0 unspecified atom stereocenters. The van der Waals surface area contributed by atoms with Crippen LogP contribution in [-0.4, -0.2) is 29.3 Å². The van der Waals surface area contributed by atoms with E-state index in [4.69, 9.17) is 15.3 Å². The summed E-state index contributed by atoms with van der Waals surface area (Å²) in [5, 5.41) is 16.0. The van der Waals surface area contributed by atoms with Gasteiger partial charge in [0.25, 0.3) is 0 Å². The van der Waals surface area contributed by atoms with Crippen molar-refractivity contribution in [2.24, 2.45) is 0 Å². The van der Waals surface area contributed by atoms with Gasteiger partial charge in [-0.25, -0.2) is 0 Å². The van der Waals surface area contributed by atoms with Crippen molar-refractivity contribution >= 4 is 39.5 Å². The van der Waals surface area contributed by atoms with E-state index in [1.807, 2.05) is 0 Å². The monoisotopic (exact) mass is 834 g/mol. The molecule has 0 amide bonds. The Bertz CT molecular complexity index is 1240. The van der Waals surface area contributed by atoms with Crippen LogP contribution in [0.25, 0.3) is 0 Å². The summed E-state index contributed by atoms with van der Waals surface area (Å²) in [4.78, 5) is 0. The number of nitrogens with zero attached hydrogens (tertiary/aromatic N) is 6. The fourth-order valence-corrected chi connectivity index (χ4v) is 4.57. The molecule has 0 N–H and O–H groups in total.